The van der Waals surface area contributed by atoms with E-state index >= 15 is 0 Å². The third-order valence-electron chi connectivity index (χ3n) is 4.78. The summed E-state index contributed by atoms with van der Waals surface area (Å²) in [6.07, 6.45) is 2.74. The van der Waals surface area contributed by atoms with Crippen molar-refractivity contribution in [1.29, 1.82) is 0 Å². The van der Waals surface area contributed by atoms with Gasteiger partial charge in [-0.3, -0.25) is 4.79 Å². The van der Waals surface area contributed by atoms with Crippen LogP contribution in [-0.4, -0.2) is 30.9 Å². The second-order valence-corrected chi connectivity index (χ2v) is 6.86. The molecule has 1 aromatic carbocycles. The van der Waals surface area contributed by atoms with Crippen LogP contribution in [0.2, 0.25) is 5.02 Å². The maximum absolute atomic E-state index is 12.3. The molecule has 124 valence electrons. The van der Waals surface area contributed by atoms with Crippen LogP contribution in [0, 0.1) is 11.3 Å². The minimum Gasteiger partial charge on any atom is -0.492 e. The van der Waals surface area contributed by atoms with Crippen molar-refractivity contribution in [2.24, 2.45) is 11.3 Å². The molecule has 1 aliphatic heterocycles. The molecule has 1 aromatic rings. The van der Waals surface area contributed by atoms with Crippen LogP contribution in [0.1, 0.15) is 24.8 Å². The molecule has 0 bridgehead atoms. The molecule has 1 saturated heterocycles. The van der Waals surface area contributed by atoms with Gasteiger partial charge in [-0.15, -0.1) is 0 Å². The van der Waals surface area contributed by atoms with Gasteiger partial charge >= 0.3 is 5.97 Å². The molecule has 4 nitrogen and oxygen atoms in total. The molecule has 1 saturated carbocycles. The Morgan fingerprint density at radius 2 is 2.30 bits per heavy atom. The Hall–Kier alpha value is -1.52. The molecule has 23 heavy (non-hydrogen) atoms. The molecular formula is C18H21ClO4. The average molecular weight is 337 g/mol. The van der Waals surface area contributed by atoms with Gasteiger partial charge in [-0.05, 0) is 37.0 Å². The Balaban J connectivity index is 1.76. The van der Waals surface area contributed by atoms with Crippen molar-refractivity contribution in [3.05, 3.63) is 40.9 Å². The second kappa shape index (κ2) is 6.54. The summed E-state index contributed by atoms with van der Waals surface area (Å²) >= 11 is 6.28. The minimum absolute atomic E-state index is 0.0889. The molecule has 0 aromatic heterocycles. The van der Waals surface area contributed by atoms with Crippen LogP contribution in [0.5, 0.6) is 5.75 Å². The van der Waals surface area contributed by atoms with E-state index in [0.717, 1.165) is 17.6 Å². The monoisotopic (exact) mass is 336 g/mol. The fourth-order valence-electron chi connectivity index (χ4n) is 3.65. The maximum atomic E-state index is 12.3. The summed E-state index contributed by atoms with van der Waals surface area (Å²) in [4.78, 5) is 12.3. The first kappa shape index (κ1) is 16.3. The van der Waals surface area contributed by atoms with Gasteiger partial charge in [-0.2, -0.15) is 0 Å². The van der Waals surface area contributed by atoms with Crippen molar-refractivity contribution in [2.45, 2.75) is 25.7 Å². The lowest BCUT2D eigenvalue weighted by Gasteiger charge is -2.24. The molecule has 1 N–H and O–H groups in total. The summed E-state index contributed by atoms with van der Waals surface area (Å²) in [6, 6.07) is 5.62. The molecule has 0 spiro atoms. The Kier molecular flexibility index (Phi) is 4.64. The van der Waals surface area contributed by atoms with Gasteiger partial charge in [0.1, 0.15) is 5.75 Å². The Morgan fingerprint density at radius 1 is 1.48 bits per heavy atom. The van der Waals surface area contributed by atoms with Gasteiger partial charge in [-0.25, -0.2) is 0 Å². The molecular weight excluding hydrogens is 316 g/mol. The predicted octanol–water partition coefficient (Wildman–Crippen LogP) is 3.15. The molecule has 2 aliphatic rings. The third-order valence-corrected chi connectivity index (χ3v) is 5.08. The van der Waals surface area contributed by atoms with Crippen LogP contribution in [0.15, 0.2) is 30.4 Å². The number of hydrogen-bond donors (Lipinski definition) is 1. The SMILES string of the molecule is C=C1CC2COC(=O)C2(Cc2ccc(OCCCO)c(Cl)c2)C1. The minimum atomic E-state index is -0.473. The zero-order valence-electron chi connectivity index (χ0n) is 13.0. The Morgan fingerprint density at radius 3 is 3.04 bits per heavy atom. The lowest BCUT2D eigenvalue weighted by molar-refractivity contribution is -0.146. The fraction of sp³-hybridized carbons (Fsp3) is 0.500. The van der Waals surface area contributed by atoms with Crippen LogP contribution in [0.4, 0.5) is 0 Å². The predicted molar refractivity (Wildman–Crippen MR) is 87.6 cm³/mol. The fourth-order valence-corrected chi connectivity index (χ4v) is 3.90. The van der Waals surface area contributed by atoms with Crippen LogP contribution < -0.4 is 4.74 Å². The summed E-state index contributed by atoms with van der Waals surface area (Å²) in [7, 11) is 0. The van der Waals surface area contributed by atoms with E-state index in [0.29, 0.717) is 43.2 Å². The second-order valence-electron chi connectivity index (χ2n) is 6.45. The van der Waals surface area contributed by atoms with Gasteiger partial charge in [0.25, 0.3) is 0 Å². The van der Waals surface area contributed by atoms with Crippen LogP contribution in [-0.2, 0) is 16.0 Å². The van der Waals surface area contributed by atoms with Crippen LogP contribution in [0.3, 0.4) is 0 Å². The van der Waals surface area contributed by atoms with Gasteiger partial charge in [0.2, 0.25) is 0 Å². The number of aliphatic hydroxyl groups excluding tert-OH is 1. The van der Waals surface area contributed by atoms with Crippen molar-refractivity contribution < 1.29 is 19.4 Å². The zero-order chi connectivity index (χ0) is 16.4. The van der Waals surface area contributed by atoms with E-state index in [4.69, 9.17) is 26.2 Å². The largest absolute Gasteiger partial charge is 0.492 e. The van der Waals surface area contributed by atoms with Crippen molar-refractivity contribution in [1.82, 2.24) is 0 Å². The Bertz CT molecular complexity index is 627. The number of halogens is 1. The Labute approximate surface area is 141 Å². The molecule has 1 aliphatic carbocycles. The summed E-state index contributed by atoms with van der Waals surface area (Å²) in [6.45, 7) is 5.06. The molecule has 0 amide bonds. The van der Waals surface area contributed by atoms with Gasteiger partial charge in [0.05, 0.1) is 23.7 Å². The number of aliphatic hydroxyl groups is 1. The van der Waals surface area contributed by atoms with Crippen molar-refractivity contribution in [3.8, 4) is 5.75 Å². The number of carbonyl (C=O) groups is 1. The van der Waals surface area contributed by atoms with Gasteiger partial charge < -0.3 is 14.6 Å². The van der Waals surface area contributed by atoms with Crippen molar-refractivity contribution in [2.75, 3.05) is 19.8 Å². The summed E-state index contributed by atoms with van der Waals surface area (Å²) in [5.74, 6) is 0.713. The zero-order valence-corrected chi connectivity index (χ0v) is 13.8. The molecule has 3 rings (SSSR count). The number of carbonyl (C=O) groups excluding carboxylic acids is 1. The van der Waals surface area contributed by atoms with E-state index in [1.807, 2.05) is 18.2 Å². The van der Waals surface area contributed by atoms with Gasteiger partial charge in [0.15, 0.2) is 0 Å². The number of cyclic esters (lactones) is 1. The van der Waals surface area contributed by atoms with Gasteiger partial charge in [-0.1, -0.05) is 29.8 Å². The third kappa shape index (κ3) is 3.10. The van der Waals surface area contributed by atoms with E-state index in [9.17, 15) is 4.79 Å². The van der Waals surface area contributed by atoms with Crippen LogP contribution >= 0.6 is 11.6 Å². The first-order valence-electron chi connectivity index (χ1n) is 7.91. The van der Waals surface area contributed by atoms with Crippen LogP contribution in [0.25, 0.3) is 0 Å². The summed E-state index contributed by atoms with van der Waals surface area (Å²) < 4.78 is 10.8. The number of hydrogen-bond acceptors (Lipinski definition) is 4. The number of esters is 1. The topological polar surface area (TPSA) is 55.8 Å². The smallest absolute Gasteiger partial charge is 0.313 e. The highest BCUT2D eigenvalue weighted by Crippen LogP contribution is 2.52. The van der Waals surface area contributed by atoms with Gasteiger partial charge in [0, 0.05) is 18.9 Å². The summed E-state index contributed by atoms with van der Waals surface area (Å²) in [5, 5.41) is 9.31. The normalized spacial score (nSPS) is 26.3. The number of benzene rings is 1. The molecule has 5 heteroatoms. The van der Waals surface area contributed by atoms with E-state index in [-0.39, 0.29) is 18.5 Å². The van der Waals surface area contributed by atoms with Crippen molar-refractivity contribution in [3.63, 3.8) is 0 Å². The van der Waals surface area contributed by atoms with E-state index in [1.165, 1.54) is 0 Å². The number of fused-ring (bicyclic) bond motifs is 1. The highest BCUT2D eigenvalue weighted by Gasteiger charge is 2.55. The first-order valence-corrected chi connectivity index (χ1v) is 8.29. The van der Waals surface area contributed by atoms with E-state index in [2.05, 4.69) is 6.58 Å². The van der Waals surface area contributed by atoms with E-state index < -0.39 is 5.41 Å². The highest BCUT2D eigenvalue weighted by molar-refractivity contribution is 6.32. The molecule has 0 radical (unpaired) electrons. The average Bonchev–Trinajstić information content (AvgIpc) is 2.97. The number of ether oxygens (including phenoxy) is 2. The molecule has 2 fully saturated rings. The lowest BCUT2D eigenvalue weighted by Crippen LogP contribution is -2.31. The first-order chi connectivity index (χ1) is 11.0. The molecule has 2 atom stereocenters. The highest BCUT2D eigenvalue weighted by atomic mass is 35.5. The van der Waals surface area contributed by atoms with Crippen molar-refractivity contribution >= 4 is 17.6 Å². The van der Waals surface area contributed by atoms with E-state index in [1.54, 1.807) is 0 Å². The summed E-state index contributed by atoms with van der Waals surface area (Å²) in [5.41, 5.74) is 1.66. The maximum Gasteiger partial charge on any atom is 0.313 e. The molecule has 1 heterocycles. The lowest BCUT2D eigenvalue weighted by atomic mass is 9.75. The number of rotatable bonds is 6. The quantitative estimate of drug-likeness (QED) is 0.492. The number of allylic oxidation sites excluding steroid dienone is 1. The standard InChI is InChI=1S/C18H21ClO4/c1-12-7-14-11-23-17(21)18(14,9-12)10-13-3-4-16(15(19)8-13)22-6-2-5-20/h3-4,8,14,20H,1-2,5-7,9-11H2. The molecule has 2 unspecified atom stereocenters.